The Morgan fingerprint density at radius 3 is 2.61 bits per heavy atom. The molecular formula is C20H23ClN6O3S. The average molecular weight is 463 g/mol. The van der Waals surface area contributed by atoms with Gasteiger partial charge in [0.15, 0.2) is 21.3 Å². The van der Waals surface area contributed by atoms with Gasteiger partial charge >= 0.3 is 0 Å². The zero-order valence-corrected chi connectivity index (χ0v) is 18.8. The van der Waals surface area contributed by atoms with E-state index in [0.717, 1.165) is 19.3 Å². The molecule has 1 aliphatic rings. The summed E-state index contributed by atoms with van der Waals surface area (Å²) in [6.07, 6.45) is 6.12. The molecule has 1 saturated carbocycles. The summed E-state index contributed by atoms with van der Waals surface area (Å²) in [4.78, 5) is 30.3. The molecule has 0 aromatic carbocycles. The Morgan fingerprint density at radius 2 is 2.00 bits per heavy atom. The van der Waals surface area contributed by atoms with Crippen molar-refractivity contribution in [1.82, 2.24) is 24.5 Å². The maximum absolute atomic E-state index is 13.3. The van der Waals surface area contributed by atoms with Crippen LogP contribution < -0.4 is 10.9 Å². The zero-order chi connectivity index (χ0) is 22.2. The minimum atomic E-state index is -3.31. The first-order chi connectivity index (χ1) is 14.8. The van der Waals surface area contributed by atoms with Crippen LogP contribution in [0.15, 0.2) is 34.2 Å². The summed E-state index contributed by atoms with van der Waals surface area (Å²) in [6, 6.07) is 3.09. The van der Waals surface area contributed by atoms with E-state index in [-0.39, 0.29) is 39.9 Å². The minimum absolute atomic E-state index is 0.0120. The highest BCUT2D eigenvalue weighted by atomic mass is 35.5. The maximum atomic E-state index is 13.3. The van der Waals surface area contributed by atoms with Gasteiger partial charge in [-0.05, 0) is 49.4 Å². The van der Waals surface area contributed by atoms with E-state index in [0.29, 0.717) is 22.8 Å². The molecule has 0 spiro atoms. The molecule has 9 nitrogen and oxygen atoms in total. The molecule has 3 aromatic rings. The summed E-state index contributed by atoms with van der Waals surface area (Å²) in [6.45, 7) is 3.81. The van der Waals surface area contributed by atoms with Crippen molar-refractivity contribution in [3.05, 3.63) is 45.9 Å². The number of pyridine rings is 1. The van der Waals surface area contributed by atoms with Gasteiger partial charge in [0.2, 0.25) is 5.28 Å². The topological polar surface area (TPSA) is 120 Å². The van der Waals surface area contributed by atoms with Crippen molar-refractivity contribution in [2.24, 2.45) is 5.92 Å². The Balaban J connectivity index is 1.66. The number of sulfone groups is 1. The van der Waals surface area contributed by atoms with Crippen LogP contribution in [0.5, 0.6) is 0 Å². The molecule has 1 fully saturated rings. The Kier molecular flexibility index (Phi) is 5.94. The number of nitrogens with zero attached hydrogens (tertiary/aromatic N) is 5. The fraction of sp³-hybridized carbons (Fsp3) is 0.450. The first-order valence-corrected chi connectivity index (χ1v) is 12.2. The summed E-state index contributed by atoms with van der Waals surface area (Å²) < 4.78 is 25.5. The highest BCUT2D eigenvalue weighted by molar-refractivity contribution is 7.91. The molecule has 0 aliphatic heterocycles. The van der Waals surface area contributed by atoms with E-state index >= 15 is 0 Å². The Bertz CT molecular complexity index is 1270. The Morgan fingerprint density at radius 1 is 1.23 bits per heavy atom. The predicted octanol–water partition coefficient (Wildman–Crippen LogP) is 3.00. The molecule has 0 radical (unpaired) electrons. The fourth-order valence-electron chi connectivity index (χ4n) is 3.65. The number of rotatable bonds is 7. The van der Waals surface area contributed by atoms with Crippen molar-refractivity contribution in [1.29, 1.82) is 0 Å². The third-order valence-electron chi connectivity index (χ3n) is 5.82. The van der Waals surface area contributed by atoms with Gasteiger partial charge in [0.25, 0.3) is 5.56 Å². The summed E-state index contributed by atoms with van der Waals surface area (Å²) in [7, 11) is -3.31. The second kappa shape index (κ2) is 8.51. The van der Waals surface area contributed by atoms with Crippen molar-refractivity contribution in [3.8, 4) is 0 Å². The highest BCUT2D eigenvalue weighted by Gasteiger charge is 2.28. The summed E-state index contributed by atoms with van der Waals surface area (Å²) in [5.74, 6) is 0.578. The normalized spacial score (nSPS) is 15.6. The molecule has 0 unspecified atom stereocenters. The molecule has 3 heterocycles. The van der Waals surface area contributed by atoms with Crippen molar-refractivity contribution in [3.63, 3.8) is 0 Å². The highest BCUT2D eigenvalue weighted by Crippen LogP contribution is 2.36. The van der Waals surface area contributed by atoms with Crippen LogP contribution in [0.3, 0.4) is 0 Å². The van der Waals surface area contributed by atoms with Crippen LogP contribution in [0.4, 0.5) is 5.82 Å². The van der Waals surface area contributed by atoms with Crippen LogP contribution in [0.25, 0.3) is 11.2 Å². The van der Waals surface area contributed by atoms with E-state index in [1.54, 1.807) is 17.6 Å². The smallest absolute Gasteiger partial charge is 0.295 e. The van der Waals surface area contributed by atoms with Gasteiger partial charge in [-0.2, -0.15) is 4.98 Å². The third-order valence-corrected chi connectivity index (χ3v) is 7.72. The lowest BCUT2D eigenvalue weighted by atomic mass is 9.80. The average Bonchev–Trinajstić information content (AvgIpc) is 2.71. The lowest BCUT2D eigenvalue weighted by Crippen LogP contribution is -2.33. The van der Waals surface area contributed by atoms with Gasteiger partial charge in [-0.25, -0.2) is 18.4 Å². The quantitative estimate of drug-likeness (QED) is 0.532. The van der Waals surface area contributed by atoms with E-state index in [9.17, 15) is 13.2 Å². The van der Waals surface area contributed by atoms with E-state index in [1.807, 2.05) is 6.92 Å². The molecule has 1 aliphatic carbocycles. The Hall–Kier alpha value is -2.59. The van der Waals surface area contributed by atoms with Crippen LogP contribution in [-0.2, 0) is 16.4 Å². The minimum Gasteiger partial charge on any atom is -0.360 e. The third kappa shape index (κ3) is 4.27. The molecule has 31 heavy (non-hydrogen) atoms. The summed E-state index contributed by atoms with van der Waals surface area (Å²) >= 11 is 5.98. The zero-order valence-electron chi connectivity index (χ0n) is 17.2. The SMILES string of the molecule is CCS(=O)(=O)c1ccc(CNc2nc3cnc(Cl)nc3n([C@H](C)C3CCC3)c2=O)nc1. The molecule has 4 rings (SSSR count). The van der Waals surface area contributed by atoms with E-state index in [1.165, 1.54) is 18.5 Å². The summed E-state index contributed by atoms with van der Waals surface area (Å²) in [5, 5.41) is 3.10. The number of hydrogen-bond acceptors (Lipinski definition) is 8. The van der Waals surface area contributed by atoms with Crippen LogP contribution in [-0.4, -0.2) is 38.7 Å². The molecule has 3 aromatic heterocycles. The Labute approximate surface area is 184 Å². The number of hydrogen-bond donors (Lipinski definition) is 1. The van der Waals surface area contributed by atoms with Crippen LogP contribution in [0.2, 0.25) is 5.28 Å². The van der Waals surface area contributed by atoms with Crippen LogP contribution >= 0.6 is 11.6 Å². The maximum Gasteiger partial charge on any atom is 0.295 e. The van der Waals surface area contributed by atoms with E-state index in [2.05, 4.69) is 25.3 Å². The first kappa shape index (κ1) is 21.6. The second-order valence-electron chi connectivity index (χ2n) is 7.66. The largest absolute Gasteiger partial charge is 0.360 e. The van der Waals surface area contributed by atoms with Gasteiger partial charge in [-0.3, -0.25) is 14.3 Å². The van der Waals surface area contributed by atoms with Crippen molar-refractivity contribution < 1.29 is 8.42 Å². The first-order valence-electron chi connectivity index (χ1n) is 10.2. The van der Waals surface area contributed by atoms with Gasteiger partial charge in [-0.1, -0.05) is 13.3 Å². The summed E-state index contributed by atoms with van der Waals surface area (Å²) in [5.41, 5.74) is 1.19. The van der Waals surface area contributed by atoms with Crippen LogP contribution in [0, 0.1) is 5.92 Å². The van der Waals surface area contributed by atoms with Crippen molar-refractivity contribution in [2.45, 2.75) is 50.6 Å². The molecule has 0 bridgehead atoms. The fourth-order valence-corrected chi connectivity index (χ4v) is 4.60. The molecule has 1 atom stereocenters. The molecule has 0 saturated heterocycles. The lowest BCUT2D eigenvalue weighted by Gasteiger charge is -2.33. The predicted molar refractivity (Wildman–Crippen MR) is 118 cm³/mol. The number of halogens is 1. The van der Waals surface area contributed by atoms with Gasteiger partial charge < -0.3 is 5.32 Å². The van der Waals surface area contributed by atoms with E-state index < -0.39 is 9.84 Å². The van der Waals surface area contributed by atoms with Gasteiger partial charge in [-0.15, -0.1) is 0 Å². The van der Waals surface area contributed by atoms with Gasteiger partial charge in [0.1, 0.15) is 5.52 Å². The van der Waals surface area contributed by atoms with Crippen LogP contribution in [0.1, 0.15) is 44.8 Å². The molecule has 0 amide bonds. The molecule has 11 heteroatoms. The standard InChI is InChI=1S/C20H23ClN6O3S/c1-3-31(29,30)15-8-7-14(22-10-15)9-23-17-19(28)27(12(2)13-5-4-6-13)18-16(25-17)11-24-20(21)26-18/h7-8,10-13H,3-6,9H2,1-2H3,(H,23,25)/t12-/m1/s1. The van der Waals surface area contributed by atoms with E-state index in [4.69, 9.17) is 11.6 Å². The second-order valence-corrected chi connectivity index (χ2v) is 10.3. The molecule has 164 valence electrons. The van der Waals surface area contributed by atoms with Crippen molar-refractivity contribution in [2.75, 3.05) is 11.1 Å². The molecular weight excluding hydrogens is 440 g/mol. The van der Waals surface area contributed by atoms with Crippen molar-refractivity contribution >= 4 is 38.4 Å². The van der Waals surface area contributed by atoms with Gasteiger partial charge in [0, 0.05) is 12.2 Å². The van der Waals surface area contributed by atoms with Gasteiger partial charge in [0.05, 0.1) is 29.1 Å². The molecule has 1 N–H and O–H groups in total. The lowest BCUT2D eigenvalue weighted by molar-refractivity contribution is 0.222. The number of aromatic nitrogens is 5. The number of nitrogens with one attached hydrogen (secondary N) is 1. The number of anilines is 1. The number of fused-ring (bicyclic) bond motifs is 1. The monoisotopic (exact) mass is 462 g/mol.